The van der Waals surface area contributed by atoms with Crippen molar-refractivity contribution in [2.24, 2.45) is 11.0 Å². The molecule has 0 spiro atoms. The minimum Gasteiger partial charge on any atom is -0.267 e. The smallest absolute Gasteiger partial charge is 0.267 e. The lowest BCUT2D eigenvalue weighted by molar-refractivity contribution is 0.0950. The fourth-order valence-corrected chi connectivity index (χ4v) is 4.97. The van der Waals surface area contributed by atoms with Gasteiger partial charge >= 0.3 is 0 Å². The van der Waals surface area contributed by atoms with Crippen LogP contribution in [0, 0.1) is 11.7 Å². The van der Waals surface area contributed by atoms with Crippen LogP contribution < -0.4 is 5.43 Å². The Morgan fingerprint density at radius 1 is 0.897 bits per heavy atom. The number of halogens is 1. The van der Waals surface area contributed by atoms with Gasteiger partial charge in [0.2, 0.25) is 0 Å². The highest BCUT2D eigenvalue weighted by molar-refractivity contribution is 5.96. The number of rotatable bonds is 3. The highest BCUT2D eigenvalue weighted by Gasteiger charge is 2.44. The molecule has 0 aromatic heterocycles. The Morgan fingerprint density at radius 2 is 1.45 bits per heavy atom. The SMILES string of the molecule is CC(=NNC(=O)c1ccccc1F)[C@@H]1CC2c3ccccc3C1c1ccccc12. The molecule has 1 amide bonds. The Balaban J connectivity index is 1.47. The van der Waals surface area contributed by atoms with Gasteiger partial charge in [-0.15, -0.1) is 0 Å². The van der Waals surface area contributed by atoms with Crippen molar-refractivity contribution in [3.63, 3.8) is 0 Å². The minimum absolute atomic E-state index is 0.00454. The molecule has 1 atom stereocenters. The minimum atomic E-state index is -0.544. The van der Waals surface area contributed by atoms with Crippen LogP contribution in [0.4, 0.5) is 4.39 Å². The van der Waals surface area contributed by atoms with Crippen molar-refractivity contribution in [2.45, 2.75) is 25.2 Å². The summed E-state index contributed by atoms with van der Waals surface area (Å²) in [6, 6.07) is 23.2. The van der Waals surface area contributed by atoms with Crippen LogP contribution in [0.15, 0.2) is 77.9 Å². The molecule has 0 saturated heterocycles. The van der Waals surface area contributed by atoms with Crippen molar-refractivity contribution >= 4 is 11.6 Å². The molecule has 3 aliphatic rings. The maximum Gasteiger partial charge on any atom is 0.274 e. The third-order valence-electron chi connectivity index (χ3n) is 6.29. The van der Waals surface area contributed by atoms with Gasteiger partial charge in [0.15, 0.2) is 0 Å². The monoisotopic (exact) mass is 384 g/mol. The zero-order valence-electron chi connectivity index (χ0n) is 16.1. The molecule has 2 bridgehead atoms. The highest BCUT2D eigenvalue weighted by atomic mass is 19.1. The Labute approximate surface area is 169 Å². The number of nitrogens with zero attached hydrogens (tertiary/aromatic N) is 1. The second-order valence-electron chi connectivity index (χ2n) is 7.80. The molecule has 0 fully saturated rings. The normalized spacial score (nSPS) is 22.0. The maximum absolute atomic E-state index is 13.9. The second kappa shape index (κ2) is 6.96. The molecule has 3 aromatic carbocycles. The summed E-state index contributed by atoms with van der Waals surface area (Å²) in [5, 5.41) is 4.38. The van der Waals surface area contributed by atoms with Gasteiger partial charge in [0.05, 0.1) is 5.56 Å². The first-order valence-electron chi connectivity index (χ1n) is 9.92. The standard InChI is InChI=1S/C25H21FN2O/c1-15(27-28-25(29)20-12-6-7-13-23(20)26)21-14-22-16-8-2-4-10-18(16)24(21)19-11-5-3-9-17(19)22/h2-13,21-22,24H,14H2,1H3,(H,28,29)/t21-,22?,24?/m0/s1. The van der Waals surface area contributed by atoms with Crippen LogP contribution >= 0.6 is 0 Å². The highest BCUT2D eigenvalue weighted by Crippen LogP contribution is 2.55. The topological polar surface area (TPSA) is 41.5 Å². The number of carbonyl (C=O) groups excluding carboxylic acids is 1. The molecule has 0 aliphatic heterocycles. The van der Waals surface area contributed by atoms with Crippen LogP contribution in [0.5, 0.6) is 0 Å². The van der Waals surface area contributed by atoms with E-state index in [0.29, 0.717) is 5.92 Å². The summed E-state index contributed by atoms with van der Waals surface area (Å²) >= 11 is 0. The van der Waals surface area contributed by atoms with Crippen molar-refractivity contribution < 1.29 is 9.18 Å². The van der Waals surface area contributed by atoms with Gasteiger partial charge in [-0.2, -0.15) is 5.10 Å². The average Bonchev–Trinajstić information content (AvgIpc) is 2.77. The Kier molecular flexibility index (Phi) is 4.27. The number of hydrogen-bond donors (Lipinski definition) is 1. The summed E-state index contributed by atoms with van der Waals surface area (Å²) < 4.78 is 13.9. The maximum atomic E-state index is 13.9. The van der Waals surface area contributed by atoms with Gasteiger partial charge in [-0.1, -0.05) is 60.7 Å². The fourth-order valence-electron chi connectivity index (χ4n) is 4.97. The Hall–Kier alpha value is -3.27. The fraction of sp³-hybridized carbons (Fsp3) is 0.200. The molecule has 1 N–H and O–H groups in total. The van der Waals surface area contributed by atoms with E-state index in [1.165, 1.54) is 34.4 Å². The third kappa shape index (κ3) is 2.87. The molecule has 4 heteroatoms. The molecule has 0 unspecified atom stereocenters. The van der Waals surface area contributed by atoms with Gasteiger partial charge in [0.1, 0.15) is 5.82 Å². The lowest BCUT2D eigenvalue weighted by atomic mass is 9.58. The van der Waals surface area contributed by atoms with Crippen LogP contribution in [0.2, 0.25) is 0 Å². The summed E-state index contributed by atoms with van der Waals surface area (Å²) in [7, 11) is 0. The number of hydrogen-bond acceptors (Lipinski definition) is 2. The predicted molar refractivity (Wildman–Crippen MR) is 112 cm³/mol. The summed E-state index contributed by atoms with van der Waals surface area (Å²) in [6.07, 6.45) is 0.962. The Morgan fingerprint density at radius 3 is 2.07 bits per heavy atom. The summed E-state index contributed by atoms with van der Waals surface area (Å²) in [6.45, 7) is 1.96. The van der Waals surface area contributed by atoms with Crippen molar-refractivity contribution in [1.29, 1.82) is 0 Å². The lowest BCUT2D eigenvalue weighted by Crippen LogP contribution is -2.36. The summed E-state index contributed by atoms with van der Waals surface area (Å²) in [4.78, 5) is 12.4. The van der Waals surface area contributed by atoms with E-state index in [9.17, 15) is 9.18 Å². The lowest BCUT2D eigenvalue weighted by Gasteiger charge is -2.45. The van der Waals surface area contributed by atoms with Crippen molar-refractivity contribution in [3.05, 3.63) is 106 Å². The van der Waals surface area contributed by atoms with E-state index in [4.69, 9.17) is 0 Å². The van der Waals surface area contributed by atoms with Gasteiger partial charge in [-0.25, -0.2) is 9.82 Å². The molecule has 3 aliphatic carbocycles. The van der Waals surface area contributed by atoms with E-state index in [1.807, 2.05) is 6.92 Å². The van der Waals surface area contributed by atoms with Crippen LogP contribution in [0.3, 0.4) is 0 Å². The molecule has 144 valence electrons. The zero-order valence-corrected chi connectivity index (χ0v) is 16.1. The molecular weight excluding hydrogens is 363 g/mol. The van der Waals surface area contributed by atoms with Gasteiger partial charge in [0.25, 0.3) is 5.91 Å². The number of hydrazone groups is 1. The average molecular weight is 384 g/mol. The first-order chi connectivity index (χ1) is 14.1. The molecular formula is C25H21FN2O. The van der Waals surface area contributed by atoms with E-state index in [0.717, 1.165) is 12.1 Å². The third-order valence-corrected chi connectivity index (χ3v) is 6.29. The van der Waals surface area contributed by atoms with E-state index >= 15 is 0 Å². The van der Waals surface area contributed by atoms with Crippen molar-refractivity contribution in [1.82, 2.24) is 5.43 Å². The molecule has 3 nitrogen and oxygen atoms in total. The van der Waals surface area contributed by atoms with Crippen LogP contribution in [0.1, 0.15) is 57.8 Å². The Bertz CT molecular complexity index is 1090. The quantitative estimate of drug-likeness (QED) is 0.488. The van der Waals surface area contributed by atoms with Gasteiger partial charge in [-0.05, 0) is 47.7 Å². The molecule has 0 saturated carbocycles. The van der Waals surface area contributed by atoms with Crippen LogP contribution in [0.25, 0.3) is 0 Å². The number of carbonyl (C=O) groups is 1. The van der Waals surface area contributed by atoms with E-state index in [2.05, 4.69) is 59.1 Å². The van der Waals surface area contributed by atoms with Crippen molar-refractivity contribution in [3.8, 4) is 0 Å². The van der Waals surface area contributed by atoms with Crippen molar-refractivity contribution in [2.75, 3.05) is 0 Å². The summed E-state index contributed by atoms with van der Waals surface area (Å²) in [5.41, 5.74) is 8.92. The molecule has 0 radical (unpaired) electrons. The number of fused-ring (bicyclic) bond motifs is 1. The predicted octanol–water partition coefficient (Wildman–Crippen LogP) is 5.23. The summed E-state index contributed by atoms with van der Waals surface area (Å²) in [5.74, 6) is -0.307. The molecule has 6 rings (SSSR count). The first kappa shape index (κ1) is 17.8. The number of amides is 1. The van der Waals surface area contributed by atoms with Gasteiger partial charge < -0.3 is 0 Å². The first-order valence-corrected chi connectivity index (χ1v) is 9.92. The molecule has 3 aromatic rings. The van der Waals surface area contributed by atoms with Gasteiger partial charge in [0, 0.05) is 23.5 Å². The largest absolute Gasteiger partial charge is 0.274 e. The zero-order chi connectivity index (χ0) is 20.0. The molecule has 29 heavy (non-hydrogen) atoms. The number of nitrogens with one attached hydrogen (secondary N) is 1. The van der Waals surface area contributed by atoms with Crippen LogP contribution in [-0.4, -0.2) is 11.6 Å². The van der Waals surface area contributed by atoms with E-state index in [1.54, 1.807) is 12.1 Å². The van der Waals surface area contributed by atoms with E-state index in [-0.39, 0.29) is 17.4 Å². The van der Waals surface area contributed by atoms with E-state index < -0.39 is 11.7 Å². The molecule has 0 heterocycles. The second-order valence-corrected chi connectivity index (χ2v) is 7.80. The van der Waals surface area contributed by atoms with Crippen LogP contribution in [-0.2, 0) is 0 Å². The van der Waals surface area contributed by atoms with Gasteiger partial charge in [-0.3, -0.25) is 4.79 Å². The number of benzene rings is 3.